The smallest absolute Gasteiger partial charge is 0.465 e. The van der Waals surface area contributed by atoms with E-state index in [2.05, 4.69) is 0 Å². The molecule has 0 spiro atoms. The number of ether oxygens (including phenoxy) is 14. The fourth-order valence-corrected chi connectivity index (χ4v) is 24.3. The average Bonchev–Trinajstić information content (AvgIpc) is 0.823. The first-order valence-electron chi connectivity index (χ1n) is 43.9. The maximum absolute atomic E-state index is 14.2. The van der Waals surface area contributed by atoms with Gasteiger partial charge in [-0.15, -0.1) is 0 Å². The Morgan fingerprint density at radius 3 is 0.617 bits per heavy atom. The molecular formula is C83H152O39S6Si5. The molecule has 0 aromatic rings. The fourth-order valence-electron chi connectivity index (χ4n) is 11.3. The Morgan fingerprint density at radius 2 is 0.436 bits per heavy atom. The van der Waals surface area contributed by atoms with Crippen LogP contribution in [0.1, 0.15) is 112 Å². The van der Waals surface area contributed by atoms with Crippen LogP contribution in [0.4, 0.5) is 0 Å². The van der Waals surface area contributed by atoms with Crippen LogP contribution >= 0.6 is 70.6 Å². The first-order valence-corrected chi connectivity index (χ1v) is 59.7. The zero-order chi connectivity index (χ0) is 99.8. The van der Waals surface area contributed by atoms with Crippen molar-refractivity contribution in [2.45, 2.75) is 142 Å². The minimum absolute atomic E-state index is 0.0480. The number of rotatable bonds is 88. The molecule has 774 valence electrons. The topological polar surface area (TPSA) is 454 Å². The lowest BCUT2D eigenvalue weighted by atomic mass is 9.90. The molecular weight excluding hydrogens is 1950 g/mol. The summed E-state index contributed by atoms with van der Waals surface area (Å²) in [6.07, 6.45) is 0.971. The van der Waals surface area contributed by atoms with E-state index in [1.54, 1.807) is 48.7 Å². The van der Waals surface area contributed by atoms with Crippen LogP contribution in [-0.4, -0.2) is 384 Å². The van der Waals surface area contributed by atoms with Crippen LogP contribution in [0.5, 0.6) is 0 Å². The van der Waals surface area contributed by atoms with Gasteiger partial charge in [0.2, 0.25) is 9.76 Å². The highest BCUT2D eigenvalue weighted by atomic mass is 32.2. The number of methoxy groups -OCH3 is 1. The normalized spacial score (nSPS) is 14.2. The van der Waals surface area contributed by atoms with Gasteiger partial charge in [0, 0.05) is 193 Å². The van der Waals surface area contributed by atoms with Crippen LogP contribution in [0.25, 0.3) is 0 Å². The number of esters is 12. The zero-order valence-electron chi connectivity index (χ0n) is 81.7. The summed E-state index contributed by atoms with van der Waals surface area (Å²) in [4.78, 5) is 163. The van der Waals surface area contributed by atoms with Crippen molar-refractivity contribution in [1.82, 2.24) is 0 Å². The number of carbonyl (C=O) groups excluding carboxylic acids is 12. The molecule has 0 aromatic heterocycles. The van der Waals surface area contributed by atoms with E-state index in [0.717, 1.165) is 6.04 Å². The predicted octanol–water partition coefficient (Wildman–Crippen LogP) is 8.84. The Balaban J connectivity index is 8.07. The quantitative estimate of drug-likeness (QED) is 0.0237. The number of hydrogen-bond donors (Lipinski definition) is 0. The lowest BCUT2D eigenvalue weighted by Gasteiger charge is -2.35. The molecule has 0 aliphatic carbocycles. The van der Waals surface area contributed by atoms with E-state index in [4.69, 9.17) is 124 Å². The van der Waals surface area contributed by atoms with Crippen LogP contribution in [0.2, 0.25) is 30.2 Å². The van der Waals surface area contributed by atoms with Crippen LogP contribution in [0, 0.1) is 46.3 Å². The molecule has 0 bridgehead atoms. The summed E-state index contributed by atoms with van der Waals surface area (Å²) >= 11 is 7.66. The minimum atomic E-state index is -2.92. The van der Waals surface area contributed by atoms with Crippen LogP contribution in [0.3, 0.4) is 0 Å². The standard InChI is InChI=1S/C83H152O39S6Si5/c1-64(76(90)111-32-21-45-129-97-8)50-123-39-26-70(84)117-58-82(59-118-71(85)27-40-124-51-65(2)77(91)112-33-22-46-130(98-9,99-10)100-11,60-119-72(86)28-41-125-52-66(3)78(92)113-34-23-47-131(101-12,102-13)103-14)56-110-57-83(63-122-75(89)31-44-128-55-69(6)81(95)116-38-37-96-7,61-120-73(87)29-42-126-53-67(4)79(93)114-35-24-48-132(104-15,105-16)106-17)62-121-74(88)30-43-127-54-68(5)80(94)115-36-25-49-133(107-18,108-19)109-20/h64-69H,21-63H2,1-20H3. The Morgan fingerprint density at radius 1 is 0.248 bits per heavy atom. The summed E-state index contributed by atoms with van der Waals surface area (Å²) in [6, 6.07) is 2.32. The van der Waals surface area contributed by atoms with Gasteiger partial charge in [-0.25, -0.2) is 0 Å². The van der Waals surface area contributed by atoms with Crippen molar-refractivity contribution >= 4 is 187 Å². The Hall–Kier alpha value is -3.78. The van der Waals surface area contributed by atoms with Gasteiger partial charge >= 0.3 is 107 Å². The van der Waals surface area contributed by atoms with Gasteiger partial charge in [-0.2, -0.15) is 70.6 Å². The summed E-state index contributed by atoms with van der Waals surface area (Å²) in [7, 11) is 9.47. The van der Waals surface area contributed by atoms with E-state index in [1.165, 1.54) is 163 Å². The monoisotopic (exact) mass is 2100 g/mol. The van der Waals surface area contributed by atoms with E-state index in [1.807, 2.05) is 0 Å². The third-order valence-corrected chi connectivity index (χ3v) is 39.5. The lowest BCUT2D eigenvalue weighted by molar-refractivity contribution is -0.175. The van der Waals surface area contributed by atoms with Crippen LogP contribution < -0.4 is 0 Å². The summed E-state index contributed by atoms with van der Waals surface area (Å²) in [5, 5.41) is 0. The van der Waals surface area contributed by atoms with E-state index < -0.39 is 206 Å². The number of hydrogen-bond acceptors (Lipinski definition) is 45. The van der Waals surface area contributed by atoms with E-state index >= 15 is 0 Å². The SMILES string of the molecule is COCCOC(=O)C(C)CSCCC(=O)OCC(COCC(COC(=O)CCSCC(C)C(=O)OCCC[Si]OC)(COC(=O)CCSCC(C)C(=O)OCCC[Si](OC)(OC)OC)COC(=O)CCSCC(C)C(=O)OCCC[Si](OC)(OC)OC)(COC(=O)CCSCC(C)C(=O)OCCC[Si](OC)(OC)OC)COC(=O)CCSCC(C)C(=O)OCCC[Si](OC)(OC)OC. The third kappa shape index (κ3) is 58.9. The zero-order valence-corrected chi connectivity index (χ0v) is 91.6. The highest BCUT2D eigenvalue weighted by molar-refractivity contribution is 8.00. The van der Waals surface area contributed by atoms with Gasteiger partial charge in [0.25, 0.3) is 0 Å². The molecule has 0 saturated carbocycles. The molecule has 0 saturated heterocycles. The average molecular weight is 2110 g/mol. The highest BCUT2D eigenvalue weighted by Gasteiger charge is 2.44. The predicted molar refractivity (Wildman–Crippen MR) is 513 cm³/mol. The molecule has 0 N–H and O–H groups in total. The van der Waals surface area contributed by atoms with E-state index in [0.29, 0.717) is 56.3 Å². The van der Waals surface area contributed by atoms with Crippen molar-refractivity contribution in [3.8, 4) is 0 Å². The molecule has 0 heterocycles. The Bertz CT molecular complexity index is 2900. The van der Waals surface area contributed by atoms with Crippen molar-refractivity contribution in [3.63, 3.8) is 0 Å². The molecule has 6 atom stereocenters. The summed E-state index contributed by atoms with van der Waals surface area (Å²) in [5.74, 6) is -8.39. The van der Waals surface area contributed by atoms with E-state index in [9.17, 15) is 57.5 Å². The number of carbonyl (C=O) groups is 12. The summed E-state index contributed by atoms with van der Waals surface area (Å²) < 4.78 is 152. The van der Waals surface area contributed by atoms with Gasteiger partial charge in [0.15, 0.2) is 0 Å². The van der Waals surface area contributed by atoms with Crippen molar-refractivity contribution in [1.29, 1.82) is 0 Å². The lowest BCUT2D eigenvalue weighted by Crippen LogP contribution is -2.47. The molecule has 39 nitrogen and oxygen atoms in total. The van der Waals surface area contributed by atoms with Gasteiger partial charge in [-0.1, -0.05) is 41.5 Å². The largest absolute Gasteiger partial charge is 0.500 e. The van der Waals surface area contributed by atoms with Crippen LogP contribution in [-0.2, 0) is 181 Å². The molecule has 6 unspecified atom stereocenters. The molecule has 0 aliphatic heterocycles. The highest BCUT2D eigenvalue weighted by Crippen LogP contribution is 2.30. The summed E-state index contributed by atoms with van der Waals surface area (Å²) in [5.41, 5.74) is -3.64. The molecule has 133 heavy (non-hydrogen) atoms. The molecule has 0 fully saturated rings. The fraction of sp³-hybridized carbons (Fsp3) is 0.855. The Labute approximate surface area is 819 Å². The Kier molecular flexibility index (Phi) is 75.7. The second kappa shape index (κ2) is 77.9. The van der Waals surface area contributed by atoms with Crippen molar-refractivity contribution in [2.75, 3.05) is 268 Å². The van der Waals surface area contributed by atoms with E-state index in [-0.39, 0.29) is 164 Å². The molecule has 0 aromatic carbocycles. The maximum atomic E-state index is 14.2. The maximum Gasteiger partial charge on any atom is 0.500 e. The molecule has 0 amide bonds. The van der Waals surface area contributed by atoms with Crippen molar-refractivity contribution < 1.29 is 181 Å². The first-order chi connectivity index (χ1) is 63.6. The number of thioether (sulfide) groups is 6. The second-order valence-corrected chi connectivity index (χ2v) is 51.3. The van der Waals surface area contributed by atoms with Crippen molar-refractivity contribution in [3.05, 3.63) is 0 Å². The molecule has 0 rings (SSSR count). The van der Waals surface area contributed by atoms with Gasteiger partial charge in [0.1, 0.15) is 46.2 Å². The van der Waals surface area contributed by atoms with Gasteiger partial charge in [-0.05, 0) is 38.1 Å². The van der Waals surface area contributed by atoms with Gasteiger partial charge < -0.3 is 124 Å². The van der Waals surface area contributed by atoms with Gasteiger partial charge in [-0.3, -0.25) is 57.5 Å². The van der Waals surface area contributed by atoms with Gasteiger partial charge in [0.05, 0.1) is 138 Å². The van der Waals surface area contributed by atoms with Crippen LogP contribution in [0.15, 0.2) is 0 Å². The van der Waals surface area contributed by atoms with Crippen molar-refractivity contribution in [2.24, 2.45) is 46.3 Å². The molecule has 0 aliphatic rings. The first kappa shape index (κ1) is 129. The summed E-state index contributed by atoms with van der Waals surface area (Å²) in [6.45, 7) is 5.66. The molecule has 50 heteroatoms. The third-order valence-electron chi connectivity index (χ3n) is 19.9. The minimum Gasteiger partial charge on any atom is -0.465 e. The molecule has 2 radical (unpaired) electrons. The second-order valence-electron chi connectivity index (χ2n) is 30.9.